The van der Waals surface area contributed by atoms with Crippen molar-refractivity contribution in [3.8, 4) is 0 Å². The third-order valence-corrected chi connectivity index (χ3v) is 2.96. The molecule has 0 atom stereocenters. The van der Waals surface area contributed by atoms with Gasteiger partial charge in [0.2, 0.25) is 5.91 Å². The Bertz CT molecular complexity index is 310. The van der Waals surface area contributed by atoms with Crippen LogP contribution in [0.25, 0.3) is 0 Å². The number of amides is 1. The number of halogens is 3. The maximum absolute atomic E-state index is 11.9. The number of carboxylic acids is 1. The standard InChI is InChI=1S/C10H14F3NO3/c11-10(12,13)4-7(15)14-6-9(2-1-3-9)5-8(16)17/h1-6H2,(H,14,15)(H,16,17). The van der Waals surface area contributed by atoms with Crippen LogP contribution in [0, 0.1) is 5.41 Å². The van der Waals surface area contributed by atoms with E-state index in [1.165, 1.54) is 0 Å². The molecule has 1 aliphatic rings. The van der Waals surface area contributed by atoms with E-state index >= 15 is 0 Å². The van der Waals surface area contributed by atoms with Gasteiger partial charge in [-0.15, -0.1) is 0 Å². The topological polar surface area (TPSA) is 66.4 Å². The first-order valence-electron chi connectivity index (χ1n) is 5.28. The van der Waals surface area contributed by atoms with Crippen molar-refractivity contribution in [2.24, 2.45) is 5.41 Å². The van der Waals surface area contributed by atoms with Crippen molar-refractivity contribution >= 4 is 11.9 Å². The Morgan fingerprint density at radius 1 is 1.29 bits per heavy atom. The molecule has 1 fully saturated rings. The zero-order chi connectivity index (χ0) is 13.1. The summed E-state index contributed by atoms with van der Waals surface area (Å²) in [6, 6.07) is 0. The summed E-state index contributed by atoms with van der Waals surface area (Å²) in [5.74, 6) is -2.09. The quantitative estimate of drug-likeness (QED) is 0.783. The van der Waals surface area contributed by atoms with Crippen LogP contribution >= 0.6 is 0 Å². The first kappa shape index (κ1) is 13.8. The number of hydrogen-bond donors (Lipinski definition) is 2. The lowest BCUT2D eigenvalue weighted by Gasteiger charge is -2.40. The third-order valence-electron chi connectivity index (χ3n) is 2.96. The summed E-state index contributed by atoms with van der Waals surface area (Å²) < 4.78 is 35.6. The van der Waals surface area contributed by atoms with E-state index in [-0.39, 0.29) is 13.0 Å². The Labute approximate surface area is 96.2 Å². The summed E-state index contributed by atoms with van der Waals surface area (Å²) in [4.78, 5) is 21.5. The van der Waals surface area contributed by atoms with E-state index in [9.17, 15) is 22.8 Å². The largest absolute Gasteiger partial charge is 0.481 e. The molecule has 0 unspecified atom stereocenters. The van der Waals surface area contributed by atoms with Gasteiger partial charge in [0.15, 0.2) is 0 Å². The molecule has 0 aromatic carbocycles. The van der Waals surface area contributed by atoms with Gasteiger partial charge in [0.25, 0.3) is 0 Å². The van der Waals surface area contributed by atoms with Gasteiger partial charge in [-0.3, -0.25) is 9.59 Å². The van der Waals surface area contributed by atoms with Gasteiger partial charge in [-0.1, -0.05) is 6.42 Å². The van der Waals surface area contributed by atoms with Crippen LogP contribution in [0.3, 0.4) is 0 Å². The Balaban J connectivity index is 2.38. The molecule has 1 rings (SSSR count). The number of carboxylic acid groups (broad SMARTS) is 1. The van der Waals surface area contributed by atoms with Gasteiger partial charge in [0, 0.05) is 6.54 Å². The van der Waals surface area contributed by atoms with Crippen molar-refractivity contribution in [2.75, 3.05) is 6.54 Å². The van der Waals surface area contributed by atoms with Gasteiger partial charge in [-0.2, -0.15) is 13.2 Å². The maximum Gasteiger partial charge on any atom is 0.397 e. The molecule has 0 aromatic heterocycles. The molecule has 2 N–H and O–H groups in total. The summed E-state index contributed by atoms with van der Waals surface area (Å²) in [6.07, 6.45) is -4.04. The molecule has 17 heavy (non-hydrogen) atoms. The fourth-order valence-electron chi connectivity index (χ4n) is 1.94. The van der Waals surface area contributed by atoms with Crippen molar-refractivity contribution < 1.29 is 27.9 Å². The van der Waals surface area contributed by atoms with Gasteiger partial charge in [-0.25, -0.2) is 0 Å². The third kappa shape index (κ3) is 4.62. The van der Waals surface area contributed by atoms with E-state index < -0.39 is 29.9 Å². The fraction of sp³-hybridized carbons (Fsp3) is 0.800. The Hall–Kier alpha value is -1.27. The molecule has 0 saturated heterocycles. The van der Waals surface area contributed by atoms with Crippen molar-refractivity contribution in [3.63, 3.8) is 0 Å². The van der Waals surface area contributed by atoms with Crippen LogP contribution in [0.5, 0.6) is 0 Å². The Kier molecular flexibility index (Phi) is 4.00. The molecular formula is C10H14F3NO3. The molecule has 1 saturated carbocycles. The molecular weight excluding hydrogens is 239 g/mol. The zero-order valence-corrected chi connectivity index (χ0v) is 9.14. The van der Waals surface area contributed by atoms with E-state index in [0.29, 0.717) is 12.8 Å². The molecule has 1 aliphatic carbocycles. The molecule has 0 spiro atoms. The minimum atomic E-state index is -4.52. The maximum atomic E-state index is 11.9. The summed E-state index contributed by atoms with van der Waals surface area (Å²) in [6.45, 7) is 0.00815. The van der Waals surface area contributed by atoms with E-state index in [1.54, 1.807) is 0 Å². The summed E-state index contributed by atoms with van der Waals surface area (Å²) in [7, 11) is 0. The van der Waals surface area contributed by atoms with Crippen molar-refractivity contribution in [3.05, 3.63) is 0 Å². The first-order valence-corrected chi connectivity index (χ1v) is 5.28. The monoisotopic (exact) mass is 253 g/mol. The molecule has 0 aliphatic heterocycles. The van der Waals surface area contributed by atoms with E-state index in [1.807, 2.05) is 0 Å². The minimum absolute atomic E-state index is 0.00815. The second-order valence-electron chi connectivity index (χ2n) is 4.49. The second-order valence-corrected chi connectivity index (χ2v) is 4.49. The number of carbonyl (C=O) groups excluding carboxylic acids is 1. The number of rotatable bonds is 5. The molecule has 7 heteroatoms. The van der Waals surface area contributed by atoms with Crippen LogP contribution in [0.2, 0.25) is 0 Å². The highest BCUT2D eigenvalue weighted by molar-refractivity contribution is 5.76. The molecule has 0 aromatic rings. The number of carbonyl (C=O) groups is 2. The lowest BCUT2D eigenvalue weighted by Crippen LogP contribution is -2.44. The van der Waals surface area contributed by atoms with E-state index in [0.717, 1.165) is 6.42 Å². The normalized spacial score (nSPS) is 18.3. The van der Waals surface area contributed by atoms with Gasteiger partial charge in [0.1, 0.15) is 6.42 Å². The van der Waals surface area contributed by atoms with Gasteiger partial charge >= 0.3 is 12.1 Å². The highest BCUT2D eigenvalue weighted by atomic mass is 19.4. The van der Waals surface area contributed by atoms with Crippen LogP contribution in [-0.2, 0) is 9.59 Å². The Morgan fingerprint density at radius 3 is 2.24 bits per heavy atom. The van der Waals surface area contributed by atoms with Crippen LogP contribution < -0.4 is 5.32 Å². The number of hydrogen-bond acceptors (Lipinski definition) is 2. The van der Waals surface area contributed by atoms with Crippen LogP contribution in [0.4, 0.5) is 13.2 Å². The molecule has 1 amide bonds. The van der Waals surface area contributed by atoms with Gasteiger partial charge in [-0.05, 0) is 18.3 Å². The van der Waals surface area contributed by atoms with Crippen LogP contribution in [-0.4, -0.2) is 29.7 Å². The summed E-state index contributed by atoms with van der Waals surface area (Å²) in [5.41, 5.74) is -0.549. The average molecular weight is 253 g/mol. The van der Waals surface area contributed by atoms with Crippen molar-refractivity contribution in [2.45, 2.75) is 38.3 Å². The second kappa shape index (κ2) is 4.93. The predicted molar refractivity (Wildman–Crippen MR) is 52.2 cm³/mol. The number of aliphatic carboxylic acids is 1. The predicted octanol–water partition coefficient (Wildman–Crippen LogP) is 1.70. The lowest BCUT2D eigenvalue weighted by atomic mass is 9.66. The molecule has 4 nitrogen and oxygen atoms in total. The fourth-order valence-corrected chi connectivity index (χ4v) is 1.94. The van der Waals surface area contributed by atoms with Crippen molar-refractivity contribution in [1.82, 2.24) is 5.32 Å². The van der Waals surface area contributed by atoms with E-state index in [2.05, 4.69) is 5.32 Å². The lowest BCUT2D eigenvalue weighted by molar-refractivity contribution is -0.155. The highest BCUT2D eigenvalue weighted by Crippen LogP contribution is 2.43. The van der Waals surface area contributed by atoms with Gasteiger partial charge < -0.3 is 10.4 Å². The number of alkyl halides is 3. The number of nitrogens with one attached hydrogen (secondary N) is 1. The van der Waals surface area contributed by atoms with Crippen LogP contribution in [0.1, 0.15) is 32.1 Å². The van der Waals surface area contributed by atoms with Crippen molar-refractivity contribution in [1.29, 1.82) is 0 Å². The molecule has 98 valence electrons. The summed E-state index contributed by atoms with van der Waals surface area (Å²) >= 11 is 0. The zero-order valence-electron chi connectivity index (χ0n) is 9.14. The molecule has 0 heterocycles. The Morgan fingerprint density at radius 2 is 1.88 bits per heavy atom. The summed E-state index contributed by atoms with van der Waals surface area (Å²) in [5, 5.41) is 10.8. The highest BCUT2D eigenvalue weighted by Gasteiger charge is 2.40. The smallest absolute Gasteiger partial charge is 0.397 e. The average Bonchev–Trinajstić information content (AvgIpc) is 2.05. The van der Waals surface area contributed by atoms with Gasteiger partial charge in [0.05, 0.1) is 6.42 Å². The van der Waals surface area contributed by atoms with E-state index in [4.69, 9.17) is 5.11 Å². The minimum Gasteiger partial charge on any atom is -0.481 e. The molecule has 0 radical (unpaired) electrons. The first-order chi connectivity index (χ1) is 7.72. The molecule has 0 bridgehead atoms. The van der Waals surface area contributed by atoms with Crippen LogP contribution in [0.15, 0.2) is 0 Å². The SMILES string of the molecule is O=C(O)CC1(CNC(=O)CC(F)(F)F)CCC1.